The Morgan fingerprint density at radius 1 is 1.19 bits per heavy atom. The summed E-state index contributed by atoms with van der Waals surface area (Å²) in [7, 11) is 0. The third kappa shape index (κ3) is 4.19. The van der Waals surface area contributed by atoms with Crippen LogP contribution < -0.4 is 4.90 Å². The molecule has 3 aromatic rings. The van der Waals surface area contributed by atoms with Crippen LogP contribution in [0.4, 0.5) is 23.8 Å². The van der Waals surface area contributed by atoms with Crippen molar-refractivity contribution in [3.63, 3.8) is 0 Å². The molecule has 0 spiro atoms. The number of aromatic nitrogens is 4. The topological polar surface area (TPSA) is 100 Å². The summed E-state index contributed by atoms with van der Waals surface area (Å²) in [6, 6.07) is 4.19. The molecular weight excluding hydrogens is 475 g/mol. The molecule has 1 aliphatic heterocycles. The second kappa shape index (κ2) is 8.36. The van der Waals surface area contributed by atoms with E-state index in [0.717, 1.165) is 19.0 Å². The van der Waals surface area contributed by atoms with Gasteiger partial charge in [-0.2, -0.15) is 18.4 Å². The molecular formula is C24H24F3N7O2. The minimum atomic E-state index is -4.68. The molecule has 2 aliphatic rings. The van der Waals surface area contributed by atoms with Crippen molar-refractivity contribution in [2.75, 3.05) is 18.0 Å². The molecule has 1 amide bonds. The highest BCUT2D eigenvalue weighted by Gasteiger charge is 2.45. The molecule has 9 nitrogen and oxygen atoms in total. The van der Waals surface area contributed by atoms with E-state index >= 15 is 0 Å². The number of fused-ring (bicyclic) bond motifs is 1. The average Bonchev–Trinajstić information content (AvgIpc) is 3.41. The molecule has 4 heterocycles. The van der Waals surface area contributed by atoms with E-state index in [1.165, 1.54) is 29.2 Å². The zero-order valence-corrected chi connectivity index (χ0v) is 20.0. The highest BCUT2D eigenvalue weighted by atomic mass is 19.4. The van der Waals surface area contributed by atoms with E-state index in [2.05, 4.69) is 15.0 Å². The first-order valence-corrected chi connectivity index (χ1v) is 11.6. The van der Waals surface area contributed by atoms with E-state index in [1.54, 1.807) is 9.80 Å². The zero-order valence-electron chi connectivity index (χ0n) is 20.0. The number of alkyl halides is 3. The van der Waals surface area contributed by atoms with Gasteiger partial charge in [-0.25, -0.2) is 19.7 Å². The first kappa shape index (κ1) is 23.8. The summed E-state index contributed by atoms with van der Waals surface area (Å²) in [6.45, 7) is 6.10. The summed E-state index contributed by atoms with van der Waals surface area (Å²) in [5.74, 6) is 0.269. The second-order valence-corrected chi connectivity index (χ2v) is 9.64. The number of nitriles is 1. The number of amides is 1. The van der Waals surface area contributed by atoms with Crippen molar-refractivity contribution < 1.29 is 22.7 Å². The number of ether oxygens (including phenoxy) is 1. The van der Waals surface area contributed by atoms with Crippen molar-refractivity contribution in [2.24, 2.45) is 0 Å². The first-order chi connectivity index (χ1) is 17.0. The van der Waals surface area contributed by atoms with Crippen LogP contribution in [0.15, 0.2) is 30.9 Å². The smallest absolute Gasteiger partial charge is 0.418 e. The number of hydrogen-bond acceptors (Lipinski definition) is 7. The van der Waals surface area contributed by atoms with Crippen molar-refractivity contribution in [1.29, 1.82) is 5.26 Å². The quantitative estimate of drug-likeness (QED) is 0.530. The molecule has 0 aromatic carbocycles. The second-order valence-electron chi connectivity index (χ2n) is 9.64. The van der Waals surface area contributed by atoms with E-state index in [-0.39, 0.29) is 53.4 Å². The van der Waals surface area contributed by atoms with Crippen LogP contribution in [0, 0.1) is 11.3 Å². The Bertz CT molecular complexity index is 1380. The van der Waals surface area contributed by atoms with Gasteiger partial charge in [-0.1, -0.05) is 0 Å². The van der Waals surface area contributed by atoms with Crippen molar-refractivity contribution in [3.8, 4) is 11.9 Å². The van der Waals surface area contributed by atoms with Gasteiger partial charge in [-0.3, -0.25) is 4.57 Å². The number of carbonyl (C=O) groups excluding carboxylic acids is 1. The van der Waals surface area contributed by atoms with Gasteiger partial charge in [0.1, 0.15) is 23.6 Å². The number of pyridine rings is 1. The third-order valence-corrected chi connectivity index (χ3v) is 6.77. The molecule has 0 radical (unpaired) electrons. The molecule has 0 N–H and O–H groups in total. The van der Waals surface area contributed by atoms with E-state index in [4.69, 9.17) is 4.74 Å². The molecule has 12 heteroatoms. The molecule has 0 bridgehead atoms. The number of nitrogens with zero attached hydrogens (tertiary/aromatic N) is 7. The molecule has 2 atom stereocenters. The largest absolute Gasteiger partial charge is 0.443 e. The van der Waals surface area contributed by atoms with Crippen LogP contribution in [0.25, 0.3) is 16.9 Å². The van der Waals surface area contributed by atoms with Crippen LogP contribution in [-0.4, -0.2) is 61.3 Å². The lowest BCUT2D eigenvalue weighted by atomic mass is 10.1. The highest BCUT2D eigenvalue weighted by molar-refractivity contribution is 5.93. The van der Waals surface area contributed by atoms with Gasteiger partial charge in [0.15, 0.2) is 5.65 Å². The molecule has 0 unspecified atom stereocenters. The maximum absolute atomic E-state index is 14.2. The van der Waals surface area contributed by atoms with Crippen LogP contribution in [-0.2, 0) is 10.9 Å². The Morgan fingerprint density at radius 3 is 2.61 bits per heavy atom. The Labute approximate surface area is 205 Å². The van der Waals surface area contributed by atoms with Gasteiger partial charge in [-0.15, -0.1) is 0 Å². The summed E-state index contributed by atoms with van der Waals surface area (Å²) in [6.07, 6.45) is 0.0662. The Balaban J connectivity index is 1.56. The molecule has 5 rings (SSSR count). The number of anilines is 1. The SMILES string of the molecule is C[C@@H]1CN(c2ncnc3c2c(C(F)(F)F)cn3-c2cc(C#N)ccn2)[C@@H](C)CN1C(=O)OC1(C)CC1. The molecule has 36 heavy (non-hydrogen) atoms. The summed E-state index contributed by atoms with van der Waals surface area (Å²) in [5.41, 5.74) is -1.04. The summed E-state index contributed by atoms with van der Waals surface area (Å²) in [4.78, 5) is 28.7. The fraction of sp³-hybridized carbons (Fsp3) is 0.458. The van der Waals surface area contributed by atoms with Crippen LogP contribution in [0.5, 0.6) is 0 Å². The highest BCUT2D eigenvalue weighted by Crippen LogP contribution is 2.42. The van der Waals surface area contributed by atoms with Gasteiger partial charge in [0, 0.05) is 37.6 Å². The van der Waals surface area contributed by atoms with E-state index in [1.807, 2.05) is 26.8 Å². The van der Waals surface area contributed by atoms with Gasteiger partial charge in [0.2, 0.25) is 0 Å². The van der Waals surface area contributed by atoms with Crippen molar-refractivity contribution in [1.82, 2.24) is 24.4 Å². The van der Waals surface area contributed by atoms with Gasteiger partial charge >= 0.3 is 12.3 Å². The maximum atomic E-state index is 14.2. The number of piperazine rings is 1. The van der Waals surface area contributed by atoms with Gasteiger partial charge in [0.25, 0.3) is 0 Å². The lowest BCUT2D eigenvalue weighted by Crippen LogP contribution is -2.59. The molecule has 1 saturated heterocycles. The number of halogens is 3. The standard InChI is InChI=1S/C24H24F3N7O2/c1-14-11-33(22(35)36-23(3)5-6-23)15(2)10-32(14)20-19-17(24(25,26)27)12-34(21(19)31-13-30-20)18-8-16(9-28)4-7-29-18/h4,7-8,12-15H,5-6,10-11H2,1-3H3/t14-,15+/m0/s1. The Kier molecular flexibility index (Phi) is 5.54. The van der Waals surface area contributed by atoms with Crippen molar-refractivity contribution in [2.45, 2.75) is 57.5 Å². The number of hydrogen-bond donors (Lipinski definition) is 0. The first-order valence-electron chi connectivity index (χ1n) is 11.6. The molecule has 1 saturated carbocycles. The van der Waals surface area contributed by atoms with Crippen molar-refractivity contribution in [3.05, 3.63) is 42.0 Å². The van der Waals surface area contributed by atoms with Crippen LogP contribution in [0.2, 0.25) is 0 Å². The van der Waals surface area contributed by atoms with Crippen molar-refractivity contribution >= 4 is 22.9 Å². The predicted octanol–water partition coefficient (Wildman–Crippen LogP) is 4.29. The van der Waals surface area contributed by atoms with E-state index in [0.29, 0.717) is 0 Å². The number of rotatable bonds is 3. The van der Waals surface area contributed by atoms with Gasteiger partial charge in [0.05, 0.1) is 22.6 Å². The van der Waals surface area contributed by atoms with Crippen LogP contribution in [0.3, 0.4) is 0 Å². The Hall–Kier alpha value is -3.88. The van der Waals surface area contributed by atoms with Gasteiger partial charge in [-0.05, 0) is 45.7 Å². The van der Waals surface area contributed by atoms with Crippen LogP contribution in [0.1, 0.15) is 44.7 Å². The van der Waals surface area contributed by atoms with E-state index in [9.17, 15) is 23.2 Å². The number of carbonyl (C=O) groups is 1. The maximum Gasteiger partial charge on any atom is 0.418 e. The third-order valence-electron chi connectivity index (χ3n) is 6.77. The van der Waals surface area contributed by atoms with E-state index < -0.39 is 23.4 Å². The lowest BCUT2D eigenvalue weighted by molar-refractivity contribution is -0.136. The fourth-order valence-corrected chi connectivity index (χ4v) is 4.50. The minimum absolute atomic E-state index is 0.0262. The fourth-order valence-electron chi connectivity index (χ4n) is 4.50. The summed E-state index contributed by atoms with van der Waals surface area (Å²) < 4.78 is 49.5. The van der Waals surface area contributed by atoms with Gasteiger partial charge < -0.3 is 14.5 Å². The molecule has 188 valence electrons. The molecule has 1 aliphatic carbocycles. The lowest BCUT2D eigenvalue weighted by Gasteiger charge is -2.44. The minimum Gasteiger partial charge on any atom is -0.443 e. The summed E-state index contributed by atoms with van der Waals surface area (Å²) >= 11 is 0. The van der Waals surface area contributed by atoms with Crippen LogP contribution >= 0.6 is 0 Å². The molecule has 3 aromatic heterocycles. The monoisotopic (exact) mass is 499 g/mol. The Morgan fingerprint density at radius 2 is 1.94 bits per heavy atom. The normalized spacial score (nSPS) is 21.4. The zero-order chi connectivity index (χ0) is 25.8. The molecule has 2 fully saturated rings. The predicted molar refractivity (Wildman–Crippen MR) is 123 cm³/mol. The summed E-state index contributed by atoms with van der Waals surface area (Å²) in [5, 5.41) is 9.06. The average molecular weight is 499 g/mol.